The number of ether oxygens (including phenoxy) is 1. The molecule has 1 aliphatic carbocycles. The molecule has 1 N–H and O–H groups in total. The van der Waals surface area contributed by atoms with Gasteiger partial charge in [-0.15, -0.1) is 0 Å². The van der Waals surface area contributed by atoms with Crippen molar-refractivity contribution in [1.29, 1.82) is 0 Å². The largest absolute Gasteiger partial charge is 0.497 e. The molecule has 38 heavy (non-hydrogen) atoms. The van der Waals surface area contributed by atoms with Crippen LogP contribution in [0, 0.1) is 21.8 Å². The van der Waals surface area contributed by atoms with Crippen molar-refractivity contribution in [3.8, 4) is 5.75 Å². The second-order valence-corrected chi connectivity index (χ2v) is 9.85. The lowest BCUT2D eigenvalue weighted by atomic mass is 9.89. The Hall–Kier alpha value is -4.27. The van der Waals surface area contributed by atoms with Gasteiger partial charge in [0.2, 0.25) is 5.91 Å². The van der Waals surface area contributed by atoms with Gasteiger partial charge in [0.15, 0.2) is 0 Å². The van der Waals surface area contributed by atoms with Crippen LogP contribution in [0.5, 0.6) is 5.75 Å². The summed E-state index contributed by atoms with van der Waals surface area (Å²) in [5.74, 6) is 0.0397. The van der Waals surface area contributed by atoms with Gasteiger partial charge >= 0.3 is 0 Å². The number of carbonyl (C=O) groups excluding carboxylic acids is 2. The number of non-ortho nitro benzene ring substituents is 1. The molecule has 2 aliphatic rings. The molecule has 3 aromatic carbocycles. The molecular formula is C29H28FN3O5. The van der Waals surface area contributed by atoms with Crippen LogP contribution >= 0.6 is 0 Å². The quantitative estimate of drug-likeness (QED) is 0.329. The van der Waals surface area contributed by atoms with Crippen LogP contribution in [-0.2, 0) is 4.79 Å². The summed E-state index contributed by atoms with van der Waals surface area (Å²) in [6.45, 7) is 0.946. The van der Waals surface area contributed by atoms with Crippen molar-refractivity contribution in [2.45, 2.75) is 31.1 Å². The summed E-state index contributed by atoms with van der Waals surface area (Å²) in [5.41, 5.74) is 2.56. The van der Waals surface area contributed by atoms with Crippen LogP contribution in [0.1, 0.15) is 52.6 Å². The Morgan fingerprint density at radius 3 is 2.29 bits per heavy atom. The Kier molecular flexibility index (Phi) is 7.09. The van der Waals surface area contributed by atoms with Gasteiger partial charge in [-0.3, -0.25) is 19.7 Å². The van der Waals surface area contributed by atoms with Gasteiger partial charge in [0.25, 0.3) is 11.6 Å². The van der Waals surface area contributed by atoms with E-state index in [2.05, 4.69) is 5.32 Å². The second kappa shape index (κ2) is 10.6. The lowest BCUT2D eigenvalue weighted by Gasteiger charge is -2.32. The maximum Gasteiger partial charge on any atom is 0.273 e. The van der Waals surface area contributed by atoms with Crippen molar-refractivity contribution in [2.24, 2.45) is 5.92 Å². The fourth-order valence-electron chi connectivity index (χ4n) is 5.18. The topological polar surface area (TPSA) is 102 Å². The normalized spacial score (nSPS) is 19.1. The summed E-state index contributed by atoms with van der Waals surface area (Å²) in [6, 6.07) is 18.6. The first kappa shape index (κ1) is 25.4. The number of amides is 2. The highest BCUT2D eigenvalue weighted by Crippen LogP contribution is 2.48. The van der Waals surface area contributed by atoms with Crippen LogP contribution in [0.4, 0.5) is 15.8 Å². The molecule has 2 fully saturated rings. The number of nitro benzene ring substituents is 1. The Bertz CT molecular complexity index is 1350. The number of halogens is 1. The van der Waals surface area contributed by atoms with E-state index in [-0.39, 0.29) is 29.2 Å². The number of nitrogens with one attached hydrogen (secondary N) is 1. The van der Waals surface area contributed by atoms with Crippen LogP contribution in [0.15, 0.2) is 66.7 Å². The summed E-state index contributed by atoms with van der Waals surface area (Å²) in [5, 5.41) is 14.0. The SMILES string of the molecule is COc1ccc(C2CC2C(=O)Nc2ccc(C3CCN(C(=O)c4cc(F)cc([N+](=O)[O-])c4)CC3)cc2)cc1. The standard InChI is InChI=1S/C29H28FN3O5/c1-38-25-8-4-20(5-9-25)26-17-27(26)28(34)31-23-6-2-18(3-7-23)19-10-12-32(13-11-19)29(35)21-14-22(30)16-24(15-21)33(36)37/h2-9,14-16,19,26-27H,10-13,17H2,1H3,(H,31,34). The number of hydrogen-bond donors (Lipinski definition) is 1. The summed E-state index contributed by atoms with van der Waals surface area (Å²) in [6.07, 6.45) is 2.28. The second-order valence-electron chi connectivity index (χ2n) is 9.85. The smallest absolute Gasteiger partial charge is 0.273 e. The highest BCUT2D eigenvalue weighted by molar-refractivity contribution is 5.95. The number of nitrogens with zero attached hydrogens (tertiary/aromatic N) is 2. The average molecular weight is 518 g/mol. The molecule has 1 saturated heterocycles. The van der Waals surface area contributed by atoms with Gasteiger partial charge in [0, 0.05) is 36.3 Å². The molecule has 3 aromatic rings. The van der Waals surface area contributed by atoms with Gasteiger partial charge < -0.3 is 15.0 Å². The maximum absolute atomic E-state index is 13.8. The first-order valence-electron chi connectivity index (χ1n) is 12.6. The van der Waals surface area contributed by atoms with Crippen LogP contribution in [0.2, 0.25) is 0 Å². The molecule has 196 valence electrons. The number of rotatable bonds is 7. The Labute approximate surface area is 219 Å². The minimum absolute atomic E-state index is 0.0138. The molecule has 0 bridgehead atoms. The van der Waals surface area contributed by atoms with Crippen molar-refractivity contribution < 1.29 is 23.6 Å². The van der Waals surface area contributed by atoms with E-state index >= 15 is 0 Å². The number of piperidine rings is 1. The zero-order valence-corrected chi connectivity index (χ0v) is 20.9. The third-order valence-corrected chi connectivity index (χ3v) is 7.44. The van der Waals surface area contributed by atoms with Crippen LogP contribution in [0.3, 0.4) is 0 Å². The number of carbonyl (C=O) groups is 2. The first-order valence-corrected chi connectivity index (χ1v) is 12.6. The Morgan fingerprint density at radius 2 is 1.66 bits per heavy atom. The van der Waals surface area contributed by atoms with Crippen molar-refractivity contribution in [3.05, 3.63) is 99.4 Å². The summed E-state index contributed by atoms with van der Waals surface area (Å²) < 4.78 is 19.0. The highest BCUT2D eigenvalue weighted by Gasteiger charge is 2.43. The number of nitro groups is 1. The van der Waals surface area contributed by atoms with E-state index in [1.165, 1.54) is 0 Å². The van der Waals surface area contributed by atoms with E-state index in [4.69, 9.17) is 4.74 Å². The van der Waals surface area contributed by atoms with Gasteiger partial charge in [-0.05, 0) is 72.6 Å². The molecule has 1 saturated carbocycles. The van der Waals surface area contributed by atoms with Gasteiger partial charge in [-0.2, -0.15) is 0 Å². The monoisotopic (exact) mass is 517 g/mol. The first-order chi connectivity index (χ1) is 18.3. The third kappa shape index (κ3) is 5.51. The van der Waals surface area contributed by atoms with E-state index in [1.54, 1.807) is 12.0 Å². The lowest BCUT2D eigenvalue weighted by molar-refractivity contribution is -0.385. The molecule has 0 spiro atoms. The summed E-state index contributed by atoms with van der Waals surface area (Å²) in [7, 11) is 1.63. The van der Waals surface area contributed by atoms with Crippen molar-refractivity contribution in [2.75, 3.05) is 25.5 Å². The average Bonchev–Trinajstić information content (AvgIpc) is 3.74. The maximum atomic E-state index is 13.8. The Morgan fingerprint density at radius 1 is 1.00 bits per heavy atom. The molecule has 8 nitrogen and oxygen atoms in total. The molecule has 2 unspecified atom stereocenters. The van der Waals surface area contributed by atoms with E-state index in [1.807, 2.05) is 48.5 Å². The lowest BCUT2D eigenvalue weighted by Crippen LogP contribution is -2.38. The van der Waals surface area contributed by atoms with Gasteiger partial charge in [-0.25, -0.2) is 4.39 Å². The van der Waals surface area contributed by atoms with Gasteiger partial charge in [0.1, 0.15) is 11.6 Å². The molecule has 0 radical (unpaired) electrons. The van der Waals surface area contributed by atoms with Crippen LogP contribution in [-0.4, -0.2) is 41.8 Å². The van der Waals surface area contributed by atoms with Gasteiger partial charge in [-0.1, -0.05) is 24.3 Å². The van der Waals surface area contributed by atoms with Crippen molar-refractivity contribution >= 4 is 23.2 Å². The van der Waals surface area contributed by atoms with Crippen LogP contribution < -0.4 is 10.1 Å². The number of hydrogen-bond acceptors (Lipinski definition) is 5. The molecule has 2 amide bonds. The molecule has 1 heterocycles. The molecule has 2 atom stereocenters. The van der Waals surface area contributed by atoms with Crippen LogP contribution in [0.25, 0.3) is 0 Å². The fourth-order valence-corrected chi connectivity index (χ4v) is 5.18. The number of methoxy groups -OCH3 is 1. The minimum Gasteiger partial charge on any atom is -0.497 e. The summed E-state index contributed by atoms with van der Waals surface area (Å²) >= 11 is 0. The predicted molar refractivity (Wildman–Crippen MR) is 140 cm³/mol. The summed E-state index contributed by atoms with van der Waals surface area (Å²) in [4.78, 5) is 37.4. The third-order valence-electron chi connectivity index (χ3n) is 7.44. The molecule has 1 aliphatic heterocycles. The molecule has 0 aromatic heterocycles. The fraction of sp³-hybridized carbons (Fsp3) is 0.310. The molecule has 5 rings (SSSR count). The minimum atomic E-state index is -0.803. The van der Waals surface area contributed by atoms with Gasteiger partial charge in [0.05, 0.1) is 18.1 Å². The van der Waals surface area contributed by atoms with E-state index in [0.717, 1.165) is 60.0 Å². The van der Waals surface area contributed by atoms with E-state index in [0.29, 0.717) is 13.1 Å². The zero-order valence-electron chi connectivity index (χ0n) is 20.9. The number of likely N-dealkylation sites (tertiary alicyclic amines) is 1. The van der Waals surface area contributed by atoms with E-state index < -0.39 is 22.3 Å². The number of anilines is 1. The zero-order chi connectivity index (χ0) is 26.8. The number of benzene rings is 3. The van der Waals surface area contributed by atoms with E-state index in [9.17, 15) is 24.1 Å². The predicted octanol–water partition coefficient (Wildman–Crippen LogP) is 5.50. The Balaban J connectivity index is 1.13. The van der Waals surface area contributed by atoms with Crippen molar-refractivity contribution in [1.82, 2.24) is 4.90 Å². The molecular weight excluding hydrogens is 489 g/mol. The highest BCUT2D eigenvalue weighted by atomic mass is 19.1. The van der Waals surface area contributed by atoms with Crippen molar-refractivity contribution in [3.63, 3.8) is 0 Å². The molecule has 9 heteroatoms.